The van der Waals surface area contributed by atoms with Gasteiger partial charge in [0.25, 0.3) is 0 Å². The van der Waals surface area contributed by atoms with Crippen LogP contribution in [0.4, 0.5) is 0 Å². The van der Waals surface area contributed by atoms with E-state index in [1.54, 1.807) is 0 Å². The average molecular weight is 292 g/mol. The largest absolute Gasteiger partial charge is 0.0656 e. The molecule has 0 spiro atoms. The third-order valence-electron chi connectivity index (χ3n) is 0. The molecule has 122 valence electrons. The second-order valence-corrected chi connectivity index (χ2v) is 2.12. The quantitative estimate of drug-likeness (QED) is 0.418. The molecule has 0 aromatic heterocycles. The number of hydrogen-bond donors (Lipinski definition) is 0. The van der Waals surface area contributed by atoms with Crippen molar-refractivity contribution in [2.75, 3.05) is 0 Å². The average Bonchev–Trinajstić information content (AvgIpc) is 2.74. The molecule has 0 saturated heterocycles. The predicted molar refractivity (Wildman–Crippen MR) is 97.9 cm³/mol. The first-order chi connectivity index (χ1) is 14.5. The van der Waals surface area contributed by atoms with E-state index in [0.717, 1.165) is 38.5 Å². The fourth-order valence-electron chi connectivity index (χ4n) is 0. The molecule has 18 heavy (non-hydrogen) atoms. The lowest BCUT2D eigenvalue weighted by molar-refractivity contribution is 1.09. The highest BCUT2D eigenvalue weighted by Gasteiger charge is 1.37. The van der Waals surface area contributed by atoms with Gasteiger partial charge in [0.05, 0.1) is 0 Å². The van der Waals surface area contributed by atoms with Crippen LogP contribution in [0.2, 0.25) is 0 Å². The van der Waals surface area contributed by atoms with Crippen LogP contribution in [0.15, 0.2) is 0 Å². The first kappa shape index (κ1) is 9.03. The van der Waals surface area contributed by atoms with Gasteiger partial charge in [-0.05, 0) is 0 Å². The minimum absolute atomic E-state index is 0. The molecule has 0 aliphatic heterocycles. The summed E-state index contributed by atoms with van der Waals surface area (Å²) in [5.74, 6) is 0. The molecule has 0 radical (unpaired) electrons. The van der Waals surface area contributed by atoms with E-state index in [0.29, 0.717) is 82.8 Å². The molecule has 0 fully saturated rings. The summed E-state index contributed by atoms with van der Waals surface area (Å²) < 4.78 is 77.8. The number of hydrogen-bond acceptors (Lipinski definition) is 0. The highest BCUT2D eigenvalue weighted by atomic mass is 13.4. The van der Waals surface area contributed by atoms with Crippen LogP contribution in [-0.4, -0.2) is 0 Å². The van der Waals surface area contributed by atoms with Crippen LogP contribution >= 0.6 is 0 Å². The van der Waals surface area contributed by atoms with E-state index in [1.165, 1.54) is 0 Å². The minimum atomic E-state index is 0. The molecule has 0 amide bonds. The predicted octanol–water partition coefficient (Wildman–Crippen LogP) is 8.74. The third-order valence-corrected chi connectivity index (χ3v) is 0. The van der Waals surface area contributed by atoms with Crippen molar-refractivity contribution in [1.82, 2.24) is 0 Å². The molecule has 0 bridgehead atoms. The van der Waals surface area contributed by atoms with Crippen molar-refractivity contribution in [1.29, 1.82) is 0 Å². The molecule has 0 atom stereocenters. The molecule has 0 nitrogen and oxygen atoms in total. The van der Waals surface area contributed by atoms with Crippen molar-refractivity contribution in [3.05, 3.63) is 0 Å². The summed E-state index contributed by atoms with van der Waals surface area (Å²) in [5.41, 5.74) is 0. The zero-order valence-corrected chi connectivity index (χ0v) is 12.7. The summed E-state index contributed by atoms with van der Waals surface area (Å²) in [5, 5.41) is 0. The van der Waals surface area contributed by atoms with E-state index in [2.05, 4.69) is 0 Å². The van der Waals surface area contributed by atoms with E-state index < -0.39 is 0 Å². The summed E-state index contributed by atoms with van der Waals surface area (Å²) in [6, 6.07) is 0. The lowest BCUT2D eigenvalue weighted by Gasteiger charge is -1.48. The second kappa shape index (κ2) is 121. The van der Waals surface area contributed by atoms with Gasteiger partial charge < -0.3 is 0 Å². The standard InChI is InChI=1S/6C3H8.H2/c6*1-3-2;/h6*3H2,1-2H3;1H/i6*1T,2T;1+1. The SMILES string of the molecule is [2HH].[3H]CCC[3H].[3H]CCC[3H].[3H]CCC[3H].[3H]CCC[3H].[3H]CCC[3H].[3H]CCC[3H]. The van der Waals surface area contributed by atoms with Gasteiger partial charge in [0.15, 0.2) is 0 Å². The summed E-state index contributed by atoms with van der Waals surface area (Å²) in [6.45, 7) is 4.88. The minimum Gasteiger partial charge on any atom is -0.0656 e. The van der Waals surface area contributed by atoms with Crippen LogP contribution < -0.4 is 0 Å². The third kappa shape index (κ3) is 0. The fourth-order valence-corrected chi connectivity index (χ4v) is 0. The Morgan fingerprint density at radius 3 is 0.500 bits per heavy atom. The first-order valence-corrected chi connectivity index (χ1v) is 6.00. The van der Waals surface area contributed by atoms with Gasteiger partial charge in [-0.1, -0.05) is 121 Å². The van der Waals surface area contributed by atoms with E-state index in [1.807, 2.05) is 0 Å². The van der Waals surface area contributed by atoms with Crippen LogP contribution in [0.3, 0.4) is 0 Å². The zero-order chi connectivity index (χ0) is 24.7. The molecule has 0 unspecified atom stereocenters. The lowest BCUT2D eigenvalue weighted by Crippen LogP contribution is -1.27. The maximum Gasteiger partial charge on any atom is 0.0230 e. The normalized spacial score (nSPS) is 14.7. The number of rotatable bonds is 0. The summed E-state index contributed by atoms with van der Waals surface area (Å²) in [7, 11) is 0. The van der Waals surface area contributed by atoms with Gasteiger partial charge in [-0.3, -0.25) is 0 Å². The van der Waals surface area contributed by atoms with E-state index in [-0.39, 0.29) is 1.43 Å². The van der Waals surface area contributed by atoms with Crippen molar-refractivity contribution in [3.63, 3.8) is 0 Å². The maximum absolute atomic E-state index is 6.48. The van der Waals surface area contributed by atoms with Gasteiger partial charge in [-0.25, -0.2) is 0 Å². The Bertz CT molecular complexity index is 122. The Morgan fingerprint density at radius 2 is 0.500 bits per heavy atom. The van der Waals surface area contributed by atoms with E-state index in [4.69, 9.17) is 16.4 Å². The summed E-state index contributed by atoms with van der Waals surface area (Å²) in [6.07, 6.45) is 4.33. The van der Waals surface area contributed by atoms with Crippen LogP contribution in [-0.2, 0) is 0 Å². The van der Waals surface area contributed by atoms with Crippen LogP contribution in [0.5, 0.6) is 0 Å². The van der Waals surface area contributed by atoms with Crippen LogP contribution in [0.25, 0.3) is 0 Å². The first-order valence-electron chi connectivity index (χ1n) is 14.5. The molecule has 0 aromatic rings. The molecule has 0 aliphatic rings. The van der Waals surface area contributed by atoms with Gasteiger partial charge in [-0.2, -0.15) is 0 Å². The summed E-state index contributed by atoms with van der Waals surface area (Å²) in [4.78, 5) is 0. The molecule has 0 saturated carbocycles. The Morgan fingerprint density at radius 1 is 0.389 bits per heavy atom. The van der Waals surface area contributed by atoms with Gasteiger partial charge in [0.1, 0.15) is 0 Å². The molecular weight excluding hydrogens is 216 g/mol. The fraction of sp³-hybridized carbons (Fsp3) is 1.00. The van der Waals surface area contributed by atoms with Gasteiger partial charge in [0, 0.05) is 17.9 Å². The highest BCUT2D eigenvalue weighted by Crippen LogP contribution is 1.57. The van der Waals surface area contributed by atoms with Crippen molar-refractivity contribution in [2.45, 2.75) is 121 Å². The van der Waals surface area contributed by atoms with Crippen molar-refractivity contribution < 1.29 is 17.9 Å². The molecule has 0 aliphatic carbocycles. The monoisotopic (exact) mass is 291 g/mol. The summed E-state index contributed by atoms with van der Waals surface area (Å²) >= 11 is 0. The molecular formula is C18H50. The molecule has 0 heteroatoms. The smallest absolute Gasteiger partial charge is 0.0230 e. The molecule has 0 rings (SSSR count). The zero-order valence-electron chi connectivity index (χ0n) is 24.7. The lowest BCUT2D eigenvalue weighted by atomic mass is 10.6. The van der Waals surface area contributed by atoms with E-state index >= 15 is 0 Å². The van der Waals surface area contributed by atoms with Crippen LogP contribution in [0.1, 0.15) is 139 Å². The Kier molecular flexibility index (Phi) is 60.7. The van der Waals surface area contributed by atoms with Crippen LogP contribution in [0, 0.1) is 0 Å². The topological polar surface area (TPSA) is 0 Å². The van der Waals surface area contributed by atoms with Crippen molar-refractivity contribution >= 4 is 0 Å². The van der Waals surface area contributed by atoms with Gasteiger partial charge in [0.2, 0.25) is 0 Å². The molecule has 0 N–H and O–H groups in total. The molecule has 0 aromatic carbocycles. The van der Waals surface area contributed by atoms with Gasteiger partial charge >= 0.3 is 0 Å². The van der Waals surface area contributed by atoms with Crippen molar-refractivity contribution in [2.24, 2.45) is 0 Å². The van der Waals surface area contributed by atoms with E-state index in [9.17, 15) is 0 Å². The van der Waals surface area contributed by atoms with Crippen molar-refractivity contribution in [3.8, 4) is 0 Å². The Balaban J connectivity index is -0.0000000443. The second-order valence-electron chi connectivity index (χ2n) is 2.12. The Hall–Kier alpha value is 0. The maximum atomic E-state index is 6.48. The molecule has 0 heterocycles. The highest BCUT2D eigenvalue weighted by molar-refractivity contribution is 3.93. The van der Waals surface area contributed by atoms with Gasteiger partial charge in [-0.15, -0.1) is 0 Å². The Labute approximate surface area is 140 Å².